The highest BCUT2D eigenvalue weighted by atomic mass is 19.4. The number of unbranched alkanes of at least 4 members (excludes halogenated alkanes) is 3. The summed E-state index contributed by atoms with van der Waals surface area (Å²) in [6.45, 7) is 4.30. The first-order valence-electron chi connectivity index (χ1n) is 6.50. The SMILES string of the molecule is C=CCCCCCN(C)C(=NC)NCCC(F)(F)F. The first kappa shape index (κ1) is 17.8. The molecular formula is C13H24F3N3. The molecule has 0 saturated carbocycles. The molecule has 0 amide bonds. The van der Waals surface area contributed by atoms with Gasteiger partial charge < -0.3 is 10.2 Å². The van der Waals surface area contributed by atoms with Crippen molar-refractivity contribution in [2.24, 2.45) is 4.99 Å². The third kappa shape index (κ3) is 10.4. The van der Waals surface area contributed by atoms with Gasteiger partial charge in [-0.25, -0.2) is 0 Å². The maximum Gasteiger partial charge on any atom is 0.390 e. The van der Waals surface area contributed by atoms with E-state index in [1.807, 2.05) is 18.0 Å². The average molecular weight is 279 g/mol. The predicted molar refractivity (Wildman–Crippen MR) is 73.3 cm³/mol. The Morgan fingerprint density at radius 1 is 1.32 bits per heavy atom. The van der Waals surface area contributed by atoms with E-state index in [4.69, 9.17) is 0 Å². The lowest BCUT2D eigenvalue weighted by Crippen LogP contribution is -2.40. The van der Waals surface area contributed by atoms with Gasteiger partial charge in [-0.3, -0.25) is 4.99 Å². The van der Waals surface area contributed by atoms with Gasteiger partial charge in [-0.05, 0) is 19.3 Å². The molecule has 0 aliphatic rings. The topological polar surface area (TPSA) is 27.6 Å². The first-order valence-corrected chi connectivity index (χ1v) is 6.50. The molecule has 6 heteroatoms. The van der Waals surface area contributed by atoms with Gasteiger partial charge in [0.1, 0.15) is 0 Å². The van der Waals surface area contributed by atoms with Crippen molar-refractivity contribution >= 4 is 5.96 Å². The van der Waals surface area contributed by atoms with Gasteiger partial charge in [0.25, 0.3) is 0 Å². The zero-order valence-electron chi connectivity index (χ0n) is 11.8. The van der Waals surface area contributed by atoms with Crippen molar-refractivity contribution in [3.63, 3.8) is 0 Å². The van der Waals surface area contributed by atoms with Gasteiger partial charge in [0, 0.05) is 27.2 Å². The molecule has 0 unspecified atom stereocenters. The summed E-state index contributed by atoms with van der Waals surface area (Å²) in [5.74, 6) is 0.507. The smallest absolute Gasteiger partial charge is 0.356 e. The molecule has 0 aromatic rings. The van der Waals surface area contributed by atoms with Crippen LogP contribution in [-0.4, -0.2) is 44.2 Å². The molecule has 0 aromatic heterocycles. The van der Waals surface area contributed by atoms with Crippen LogP contribution in [-0.2, 0) is 0 Å². The molecule has 0 heterocycles. The van der Waals surface area contributed by atoms with Crippen LogP contribution < -0.4 is 5.32 Å². The van der Waals surface area contributed by atoms with Crippen LogP contribution in [0.1, 0.15) is 32.1 Å². The number of halogens is 3. The zero-order chi connectivity index (χ0) is 14.7. The van der Waals surface area contributed by atoms with Gasteiger partial charge in [0.2, 0.25) is 0 Å². The number of guanidine groups is 1. The van der Waals surface area contributed by atoms with Crippen LogP contribution in [0.25, 0.3) is 0 Å². The summed E-state index contributed by atoms with van der Waals surface area (Å²) < 4.78 is 36.1. The third-order valence-corrected chi connectivity index (χ3v) is 2.67. The van der Waals surface area contributed by atoms with Crippen LogP contribution in [0.3, 0.4) is 0 Å². The molecule has 0 atom stereocenters. The lowest BCUT2D eigenvalue weighted by molar-refractivity contribution is -0.132. The van der Waals surface area contributed by atoms with Gasteiger partial charge in [-0.15, -0.1) is 6.58 Å². The minimum atomic E-state index is -4.13. The van der Waals surface area contributed by atoms with Crippen molar-refractivity contribution in [3.05, 3.63) is 12.7 Å². The van der Waals surface area contributed by atoms with Gasteiger partial charge in [-0.2, -0.15) is 13.2 Å². The summed E-state index contributed by atoms with van der Waals surface area (Å²) in [6, 6.07) is 0. The number of hydrogen-bond donors (Lipinski definition) is 1. The largest absolute Gasteiger partial charge is 0.390 e. The lowest BCUT2D eigenvalue weighted by Gasteiger charge is -2.22. The normalized spacial score (nSPS) is 12.4. The van der Waals surface area contributed by atoms with E-state index in [9.17, 15) is 13.2 Å². The van der Waals surface area contributed by atoms with Crippen LogP contribution in [0, 0.1) is 0 Å². The fraction of sp³-hybridized carbons (Fsp3) is 0.769. The first-order chi connectivity index (χ1) is 8.90. The lowest BCUT2D eigenvalue weighted by atomic mass is 10.2. The van der Waals surface area contributed by atoms with Gasteiger partial charge >= 0.3 is 6.18 Å². The maximum atomic E-state index is 12.0. The van der Waals surface area contributed by atoms with Gasteiger partial charge in [-0.1, -0.05) is 12.5 Å². The van der Waals surface area contributed by atoms with E-state index in [2.05, 4.69) is 16.9 Å². The van der Waals surface area contributed by atoms with Crippen LogP contribution in [0.4, 0.5) is 13.2 Å². The Morgan fingerprint density at radius 2 is 2.00 bits per heavy atom. The molecule has 112 valence electrons. The average Bonchev–Trinajstić information content (AvgIpc) is 2.33. The molecule has 0 aliphatic carbocycles. The van der Waals surface area contributed by atoms with E-state index in [1.54, 1.807) is 7.05 Å². The second-order valence-corrected chi connectivity index (χ2v) is 4.40. The Labute approximate surface area is 113 Å². The minimum Gasteiger partial charge on any atom is -0.356 e. The number of allylic oxidation sites excluding steroid dienone is 1. The Kier molecular flexibility index (Phi) is 9.08. The number of alkyl halides is 3. The van der Waals surface area contributed by atoms with E-state index in [0.29, 0.717) is 5.96 Å². The van der Waals surface area contributed by atoms with Gasteiger partial charge in [0.15, 0.2) is 5.96 Å². The third-order valence-electron chi connectivity index (χ3n) is 2.67. The molecule has 0 aliphatic heterocycles. The van der Waals surface area contributed by atoms with Crippen molar-refractivity contribution in [2.45, 2.75) is 38.3 Å². The van der Waals surface area contributed by atoms with Crippen molar-refractivity contribution in [1.29, 1.82) is 0 Å². The number of nitrogens with zero attached hydrogens (tertiary/aromatic N) is 2. The molecule has 0 aromatic carbocycles. The monoisotopic (exact) mass is 279 g/mol. The fourth-order valence-corrected chi connectivity index (χ4v) is 1.62. The van der Waals surface area contributed by atoms with E-state index < -0.39 is 12.6 Å². The summed E-state index contributed by atoms with van der Waals surface area (Å²) in [5.41, 5.74) is 0. The highest BCUT2D eigenvalue weighted by Crippen LogP contribution is 2.18. The van der Waals surface area contributed by atoms with Crippen molar-refractivity contribution < 1.29 is 13.2 Å². The Bertz CT molecular complexity index is 275. The van der Waals surface area contributed by atoms with Crippen molar-refractivity contribution in [2.75, 3.05) is 27.2 Å². The summed E-state index contributed by atoms with van der Waals surface area (Å²) >= 11 is 0. The molecule has 0 fully saturated rings. The van der Waals surface area contributed by atoms with Crippen LogP contribution in [0.15, 0.2) is 17.6 Å². The number of aliphatic imine (C=N–C) groups is 1. The summed E-state index contributed by atoms with van der Waals surface area (Å²) in [6.07, 6.45) is 1.08. The molecule has 19 heavy (non-hydrogen) atoms. The summed E-state index contributed by atoms with van der Waals surface area (Å²) in [4.78, 5) is 5.82. The van der Waals surface area contributed by atoms with E-state index in [-0.39, 0.29) is 6.54 Å². The van der Waals surface area contributed by atoms with Gasteiger partial charge in [0.05, 0.1) is 6.42 Å². The van der Waals surface area contributed by atoms with E-state index in [1.165, 1.54) is 0 Å². The number of hydrogen-bond acceptors (Lipinski definition) is 1. The molecule has 0 rings (SSSR count). The zero-order valence-corrected chi connectivity index (χ0v) is 11.8. The molecule has 0 saturated heterocycles. The van der Waals surface area contributed by atoms with Crippen LogP contribution >= 0.6 is 0 Å². The highest BCUT2D eigenvalue weighted by Gasteiger charge is 2.26. The van der Waals surface area contributed by atoms with Crippen molar-refractivity contribution in [1.82, 2.24) is 10.2 Å². The highest BCUT2D eigenvalue weighted by molar-refractivity contribution is 5.79. The number of nitrogens with one attached hydrogen (secondary N) is 1. The maximum absolute atomic E-state index is 12.0. The Morgan fingerprint density at radius 3 is 2.53 bits per heavy atom. The second-order valence-electron chi connectivity index (χ2n) is 4.40. The van der Waals surface area contributed by atoms with Crippen LogP contribution in [0.2, 0.25) is 0 Å². The van der Waals surface area contributed by atoms with Crippen LogP contribution in [0.5, 0.6) is 0 Å². The minimum absolute atomic E-state index is 0.142. The molecule has 1 N–H and O–H groups in total. The molecule has 0 spiro atoms. The second kappa shape index (κ2) is 9.69. The predicted octanol–water partition coefficient (Wildman–Crippen LogP) is 3.19. The number of rotatable bonds is 8. The molecule has 0 radical (unpaired) electrons. The Balaban J connectivity index is 3.85. The van der Waals surface area contributed by atoms with E-state index >= 15 is 0 Å². The van der Waals surface area contributed by atoms with E-state index in [0.717, 1.165) is 32.2 Å². The molecule has 3 nitrogen and oxygen atoms in total. The standard InChI is InChI=1S/C13H24F3N3/c1-4-5-6-7-8-11-19(3)12(17-2)18-10-9-13(14,15)16/h4H,1,5-11H2,2-3H3,(H,17,18). The summed E-state index contributed by atoms with van der Waals surface area (Å²) in [5, 5.41) is 2.72. The molecule has 0 bridgehead atoms. The van der Waals surface area contributed by atoms with Crippen molar-refractivity contribution in [3.8, 4) is 0 Å². The Hall–Kier alpha value is -1.20. The summed E-state index contributed by atoms with van der Waals surface area (Å²) in [7, 11) is 3.40. The quantitative estimate of drug-likeness (QED) is 0.320. The fourth-order valence-electron chi connectivity index (χ4n) is 1.62. The molecular weight excluding hydrogens is 255 g/mol.